The number of nitro benzene ring substituents is 1. The number of anilines is 2. The molecule has 0 aliphatic heterocycles. The van der Waals surface area contributed by atoms with Gasteiger partial charge in [-0.3, -0.25) is 19.6 Å². The van der Waals surface area contributed by atoms with E-state index in [0.717, 1.165) is 17.2 Å². The summed E-state index contributed by atoms with van der Waals surface area (Å²) in [6, 6.07) is 13.2. The third-order valence-corrected chi connectivity index (χ3v) is 6.64. The SMILES string of the molecule is Cc1ccc(NS(=O)(=O)c2cc(C(=O)Nc3cc([N+](=O)[O-])ccc3C)ccc2Cl)c(C)c1. The molecule has 10 heteroatoms. The highest BCUT2D eigenvalue weighted by atomic mass is 35.5. The minimum Gasteiger partial charge on any atom is -0.321 e. The van der Waals surface area contributed by atoms with E-state index in [2.05, 4.69) is 10.0 Å². The fourth-order valence-corrected chi connectivity index (χ4v) is 4.69. The summed E-state index contributed by atoms with van der Waals surface area (Å²) in [5.74, 6) is -0.631. The van der Waals surface area contributed by atoms with Crippen molar-refractivity contribution in [3.8, 4) is 0 Å². The molecule has 0 saturated carbocycles. The predicted molar refractivity (Wildman–Crippen MR) is 124 cm³/mol. The molecular formula is C22H20ClN3O5S. The van der Waals surface area contributed by atoms with E-state index in [1.54, 1.807) is 26.0 Å². The summed E-state index contributed by atoms with van der Waals surface area (Å²) in [5.41, 5.74) is 2.83. The molecule has 0 radical (unpaired) electrons. The van der Waals surface area contributed by atoms with Crippen molar-refractivity contribution in [2.24, 2.45) is 0 Å². The van der Waals surface area contributed by atoms with Gasteiger partial charge in [0, 0.05) is 17.7 Å². The zero-order valence-corrected chi connectivity index (χ0v) is 19.0. The molecule has 0 bridgehead atoms. The van der Waals surface area contributed by atoms with E-state index in [0.29, 0.717) is 11.3 Å². The van der Waals surface area contributed by atoms with Crippen LogP contribution < -0.4 is 10.0 Å². The predicted octanol–water partition coefficient (Wildman–Crippen LogP) is 5.23. The molecule has 0 aliphatic rings. The van der Waals surface area contributed by atoms with Crippen LogP contribution in [0.4, 0.5) is 17.1 Å². The highest BCUT2D eigenvalue weighted by Crippen LogP contribution is 2.28. The Bertz CT molecular complexity index is 1340. The molecule has 166 valence electrons. The second-order valence-corrected chi connectivity index (χ2v) is 9.34. The van der Waals surface area contributed by atoms with Crippen LogP contribution in [-0.2, 0) is 10.0 Å². The first-order chi connectivity index (χ1) is 15.0. The number of nitrogens with zero attached hydrogens (tertiary/aromatic N) is 1. The van der Waals surface area contributed by atoms with Gasteiger partial charge in [-0.15, -0.1) is 0 Å². The van der Waals surface area contributed by atoms with Crippen molar-refractivity contribution in [3.05, 3.63) is 92.0 Å². The third-order valence-electron chi connectivity index (χ3n) is 4.79. The Balaban J connectivity index is 1.92. The molecule has 0 heterocycles. The second-order valence-electron chi connectivity index (χ2n) is 7.28. The number of nitrogens with one attached hydrogen (secondary N) is 2. The van der Waals surface area contributed by atoms with Crippen LogP contribution in [0.15, 0.2) is 59.5 Å². The first-order valence-electron chi connectivity index (χ1n) is 9.44. The summed E-state index contributed by atoms with van der Waals surface area (Å²) >= 11 is 6.13. The van der Waals surface area contributed by atoms with Crippen molar-refractivity contribution in [2.75, 3.05) is 10.0 Å². The number of non-ortho nitro benzene ring substituents is 1. The minimum atomic E-state index is -4.09. The molecule has 1 amide bonds. The van der Waals surface area contributed by atoms with Crippen LogP contribution >= 0.6 is 11.6 Å². The van der Waals surface area contributed by atoms with Crippen molar-refractivity contribution in [3.63, 3.8) is 0 Å². The number of hydrogen-bond donors (Lipinski definition) is 2. The molecule has 3 aromatic carbocycles. The lowest BCUT2D eigenvalue weighted by molar-refractivity contribution is -0.384. The molecule has 8 nitrogen and oxygen atoms in total. The van der Waals surface area contributed by atoms with Crippen LogP contribution in [0.3, 0.4) is 0 Å². The number of carbonyl (C=O) groups excluding carboxylic acids is 1. The molecule has 0 unspecified atom stereocenters. The second kappa shape index (κ2) is 8.97. The van der Waals surface area contributed by atoms with Gasteiger partial charge in [-0.1, -0.05) is 35.4 Å². The summed E-state index contributed by atoms with van der Waals surface area (Å²) in [4.78, 5) is 22.9. The Hall–Kier alpha value is -3.43. The summed E-state index contributed by atoms with van der Waals surface area (Å²) in [6.07, 6.45) is 0. The van der Waals surface area contributed by atoms with E-state index in [1.165, 1.54) is 30.3 Å². The lowest BCUT2D eigenvalue weighted by Gasteiger charge is -2.14. The summed E-state index contributed by atoms with van der Waals surface area (Å²) in [5, 5.41) is 13.5. The molecule has 32 heavy (non-hydrogen) atoms. The molecule has 0 aliphatic carbocycles. The number of halogens is 1. The normalized spacial score (nSPS) is 11.1. The Morgan fingerprint density at radius 2 is 1.66 bits per heavy atom. The minimum absolute atomic E-state index is 0.0290. The van der Waals surface area contributed by atoms with Crippen LogP contribution in [0.25, 0.3) is 0 Å². The topological polar surface area (TPSA) is 118 Å². The van der Waals surface area contributed by atoms with Crippen LogP contribution in [0.5, 0.6) is 0 Å². The quantitative estimate of drug-likeness (QED) is 0.375. The van der Waals surface area contributed by atoms with Crippen LogP contribution in [0.2, 0.25) is 5.02 Å². The van der Waals surface area contributed by atoms with Gasteiger partial charge in [0.2, 0.25) is 0 Å². The van der Waals surface area contributed by atoms with Gasteiger partial charge in [0.25, 0.3) is 21.6 Å². The lowest BCUT2D eigenvalue weighted by atomic mass is 10.1. The molecular weight excluding hydrogens is 454 g/mol. The van der Waals surface area contributed by atoms with Gasteiger partial charge in [-0.2, -0.15) is 0 Å². The monoisotopic (exact) mass is 473 g/mol. The van der Waals surface area contributed by atoms with Crippen LogP contribution in [0, 0.1) is 30.9 Å². The average Bonchev–Trinajstić information content (AvgIpc) is 2.71. The van der Waals surface area contributed by atoms with Crippen LogP contribution in [-0.4, -0.2) is 19.2 Å². The number of carbonyl (C=O) groups is 1. The Morgan fingerprint density at radius 3 is 2.31 bits per heavy atom. The average molecular weight is 474 g/mol. The van der Waals surface area contributed by atoms with Crippen LogP contribution in [0.1, 0.15) is 27.0 Å². The maximum Gasteiger partial charge on any atom is 0.271 e. The Morgan fingerprint density at radius 1 is 0.938 bits per heavy atom. The van der Waals surface area contributed by atoms with Gasteiger partial charge < -0.3 is 5.32 Å². The zero-order valence-electron chi connectivity index (χ0n) is 17.5. The van der Waals surface area contributed by atoms with Gasteiger partial charge in [-0.25, -0.2) is 8.42 Å². The number of aryl methyl sites for hydroxylation is 3. The maximum atomic E-state index is 13.0. The number of hydrogen-bond acceptors (Lipinski definition) is 5. The smallest absolute Gasteiger partial charge is 0.271 e. The molecule has 3 rings (SSSR count). The first kappa shape index (κ1) is 23.2. The molecule has 0 spiro atoms. The van der Waals surface area contributed by atoms with Gasteiger partial charge in [-0.05, 0) is 56.2 Å². The third kappa shape index (κ3) is 5.06. The number of rotatable bonds is 6. The molecule has 0 aromatic heterocycles. The molecule has 3 aromatic rings. The van der Waals surface area contributed by atoms with E-state index in [9.17, 15) is 23.3 Å². The van der Waals surface area contributed by atoms with E-state index in [1.807, 2.05) is 13.0 Å². The number of sulfonamides is 1. The highest BCUT2D eigenvalue weighted by Gasteiger charge is 2.22. The maximum absolute atomic E-state index is 13.0. The van der Waals surface area contributed by atoms with Gasteiger partial charge >= 0.3 is 0 Å². The summed E-state index contributed by atoms with van der Waals surface area (Å²) < 4.78 is 28.4. The van der Waals surface area contributed by atoms with E-state index in [-0.39, 0.29) is 26.9 Å². The number of benzene rings is 3. The van der Waals surface area contributed by atoms with Gasteiger partial charge in [0.05, 0.1) is 21.3 Å². The molecule has 0 saturated heterocycles. The molecule has 2 N–H and O–H groups in total. The first-order valence-corrected chi connectivity index (χ1v) is 11.3. The van der Waals surface area contributed by atoms with Crippen molar-refractivity contribution in [1.82, 2.24) is 0 Å². The van der Waals surface area contributed by atoms with Gasteiger partial charge in [0.1, 0.15) is 4.90 Å². The highest BCUT2D eigenvalue weighted by molar-refractivity contribution is 7.92. The summed E-state index contributed by atoms with van der Waals surface area (Å²) in [6.45, 7) is 5.36. The number of amides is 1. The van der Waals surface area contributed by atoms with E-state index in [4.69, 9.17) is 11.6 Å². The molecule has 0 fully saturated rings. The fourth-order valence-electron chi connectivity index (χ4n) is 3.03. The fraction of sp³-hybridized carbons (Fsp3) is 0.136. The Labute approximate surface area is 190 Å². The van der Waals surface area contributed by atoms with Crippen molar-refractivity contribution in [2.45, 2.75) is 25.7 Å². The van der Waals surface area contributed by atoms with E-state index >= 15 is 0 Å². The van der Waals surface area contributed by atoms with Crippen molar-refractivity contribution in [1.29, 1.82) is 0 Å². The van der Waals surface area contributed by atoms with Crippen molar-refractivity contribution >= 4 is 44.6 Å². The van der Waals surface area contributed by atoms with Crippen molar-refractivity contribution < 1.29 is 18.1 Å². The van der Waals surface area contributed by atoms with E-state index < -0.39 is 20.9 Å². The Kier molecular flexibility index (Phi) is 6.52. The standard InChI is InChI=1S/C22H20ClN3O5S/c1-13-4-9-19(15(3)10-13)25-32(30,31)21-11-16(6-8-18(21)23)22(27)24-20-12-17(26(28)29)7-5-14(20)2/h4-12,25H,1-3H3,(H,24,27). The molecule has 0 atom stereocenters. The van der Waals surface area contributed by atoms with Gasteiger partial charge in [0.15, 0.2) is 0 Å². The number of nitro groups is 1. The largest absolute Gasteiger partial charge is 0.321 e. The zero-order chi connectivity index (χ0) is 23.6. The summed E-state index contributed by atoms with van der Waals surface area (Å²) in [7, 11) is -4.09. The lowest BCUT2D eigenvalue weighted by Crippen LogP contribution is -2.17.